The molecule has 4 N–H and O–H groups in total. The van der Waals surface area contributed by atoms with Crippen LogP contribution in [0.25, 0.3) is 0 Å². The molecule has 0 aromatic heterocycles. The first-order valence-corrected chi connectivity index (χ1v) is 9.45. The molecule has 1 unspecified atom stereocenters. The van der Waals surface area contributed by atoms with Crippen LogP contribution in [0.4, 0.5) is 20.6 Å². The molecule has 1 atom stereocenters. The Morgan fingerprint density at radius 1 is 1.14 bits per heavy atom. The van der Waals surface area contributed by atoms with Gasteiger partial charge in [-0.1, -0.05) is 24.3 Å². The molecule has 1 aliphatic rings. The van der Waals surface area contributed by atoms with Crippen molar-refractivity contribution in [2.75, 3.05) is 30.7 Å². The van der Waals surface area contributed by atoms with E-state index in [1.165, 1.54) is 12.1 Å². The number of amides is 3. The maximum atomic E-state index is 13.7. The third kappa shape index (κ3) is 5.22. The Balaban J connectivity index is 1.48. The summed E-state index contributed by atoms with van der Waals surface area (Å²) in [6.07, 6.45) is 2.19. The van der Waals surface area contributed by atoms with E-state index in [1.807, 2.05) is 24.3 Å². The highest BCUT2D eigenvalue weighted by atomic mass is 19.1. The number of likely N-dealkylation sites (tertiary alicyclic amines) is 1. The second-order valence-electron chi connectivity index (χ2n) is 6.98. The number of nitrogen functional groups attached to an aromatic ring is 1. The fraction of sp³-hybridized carbons (Fsp3) is 0.333. The molecule has 0 saturated carbocycles. The minimum absolute atomic E-state index is 0.0566. The number of anilines is 2. The van der Waals surface area contributed by atoms with E-state index < -0.39 is 5.82 Å². The van der Waals surface area contributed by atoms with Crippen LogP contribution in [0.1, 0.15) is 18.4 Å². The van der Waals surface area contributed by atoms with Crippen LogP contribution in [0.2, 0.25) is 0 Å². The summed E-state index contributed by atoms with van der Waals surface area (Å²) in [5, 5.41) is 5.52. The van der Waals surface area contributed by atoms with Crippen LogP contribution in [0.5, 0.6) is 0 Å². The molecule has 148 valence electrons. The number of hydrogen-bond acceptors (Lipinski definition) is 3. The van der Waals surface area contributed by atoms with E-state index in [0.29, 0.717) is 25.3 Å². The van der Waals surface area contributed by atoms with Gasteiger partial charge in [0.15, 0.2) is 0 Å². The van der Waals surface area contributed by atoms with Crippen molar-refractivity contribution < 1.29 is 14.0 Å². The largest absolute Gasteiger partial charge is 0.399 e. The molecular weight excluding hydrogens is 359 g/mol. The number of halogens is 1. The smallest absolute Gasteiger partial charge is 0.321 e. The number of nitrogens with two attached hydrogens (primary N) is 1. The summed E-state index contributed by atoms with van der Waals surface area (Å²) in [4.78, 5) is 26.5. The number of rotatable bonds is 5. The average molecular weight is 384 g/mol. The van der Waals surface area contributed by atoms with E-state index >= 15 is 0 Å². The summed E-state index contributed by atoms with van der Waals surface area (Å²) in [6.45, 7) is 1.41. The highest BCUT2D eigenvalue weighted by Gasteiger charge is 2.28. The number of benzene rings is 2. The SMILES string of the molecule is Nc1ccc(CCNC(=O)C2CCCN(C(=O)Nc3ccccc3F)C2)cc1. The molecule has 7 heteroatoms. The monoisotopic (exact) mass is 384 g/mol. The van der Waals surface area contributed by atoms with Gasteiger partial charge in [0.25, 0.3) is 0 Å². The molecule has 0 bridgehead atoms. The van der Waals surface area contributed by atoms with Crippen molar-refractivity contribution in [2.45, 2.75) is 19.3 Å². The molecular formula is C21H25FN4O2. The molecule has 2 aromatic rings. The minimum Gasteiger partial charge on any atom is -0.399 e. The first kappa shape index (κ1) is 19.7. The van der Waals surface area contributed by atoms with Gasteiger partial charge in [-0.25, -0.2) is 9.18 Å². The number of urea groups is 1. The predicted octanol–water partition coefficient (Wildman–Crippen LogP) is 3.01. The van der Waals surface area contributed by atoms with Crippen LogP contribution < -0.4 is 16.4 Å². The Morgan fingerprint density at radius 2 is 1.89 bits per heavy atom. The maximum Gasteiger partial charge on any atom is 0.321 e. The standard InChI is InChI=1S/C21H25FN4O2/c22-18-5-1-2-6-19(18)25-21(28)26-13-3-4-16(14-26)20(27)24-12-11-15-7-9-17(23)10-8-15/h1-2,5-10,16H,3-4,11-14,23H2,(H,24,27)(H,25,28). The lowest BCUT2D eigenvalue weighted by molar-refractivity contribution is -0.126. The lowest BCUT2D eigenvalue weighted by Gasteiger charge is -2.32. The van der Waals surface area contributed by atoms with Crippen LogP contribution in [-0.2, 0) is 11.2 Å². The molecule has 3 rings (SSSR count). The Hall–Kier alpha value is -3.09. The zero-order valence-corrected chi connectivity index (χ0v) is 15.7. The summed E-state index contributed by atoms with van der Waals surface area (Å²) < 4.78 is 13.7. The van der Waals surface area contributed by atoms with Gasteiger partial charge < -0.3 is 21.3 Å². The van der Waals surface area contributed by atoms with E-state index in [9.17, 15) is 14.0 Å². The predicted molar refractivity (Wildman–Crippen MR) is 107 cm³/mol. The zero-order valence-electron chi connectivity index (χ0n) is 15.7. The van der Waals surface area contributed by atoms with Crippen LogP contribution >= 0.6 is 0 Å². The van der Waals surface area contributed by atoms with E-state index in [-0.39, 0.29) is 23.5 Å². The molecule has 2 aromatic carbocycles. The first-order chi connectivity index (χ1) is 13.5. The van der Waals surface area contributed by atoms with Crippen LogP contribution in [0, 0.1) is 11.7 Å². The first-order valence-electron chi connectivity index (χ1n) is 9.45. The van der Waals surface area contributed by atoms with Crippen LogP contribution in [0.3, 0.4) is 0 Å². The molecule has 0 spiro atoms. The quantitative estimate of drug-likeness (QED) is 0.693. The van der Waals surface area contributed by atoms with Crippen molar-refractivity contribution in [1.29, 1.82) is 0 Å². The van der Waals surface area contributed by atoms with Crippen molar-refractivity contribution in [3.8, 4) is 0 Å². The van der Waals surface area contributed by atoms with Crippen LogP contribution in [-0.4, -0.2) is 36.5 Å². The van der Waals surface area contributed by atoms with Gasteiger partial charge in [-0.15, -0.1) is 0 Å². The fourth-order valence-electron chi connectivity index (χ4n) is 3.29. The van der Waals surface area contributed by atoms with Crippen molar-refractivity contribution in [1.82, 2.24) is 10.2 Å². The van der Waals surface area contributed by atoms with Crippen molar-refractivity contribution in [2.24, 2.45) is 5.92 Å². The number of carbonyl (C=O) groups excluding carboxylic acids is 2. The van der Waals surface area contributed by atoms with Gasteiger partial charge >= 0.3 is 6.03 Å². The Labute approximate surface area is 163 Å². The summed E-state index contributed by atoms with van der Waals surface area (Å²) in [5.41, 5.74) is 7.62. The molecule has 28 heavy (non-hydrogen) atoms. The van der Waals surface area contributed by atoms with Gasteiger partial charge in [0.1, 0.15) is 5.82 Å². The van der Waals surface area contributed by atoms with Gasteiger partial charge in [0, 0.05) is 25.3 Å². The molecule has 0 radical (unpaired) electrons. The molecule has 1 fully saturated rings. The Kier molecular flexibility index (Phi) is 6.47. The minimum atomic E-state index is -0.482. The van der Waals surface area contributed by atoms with Gasteiger partial charge in [-0.2, -0.15) is 0 Å². The number of nitrogens with one attached hydrogen (secondary N) is 2. The fourth-order valence-corrected chi connectivity index (χ4v) is 3.29. The van der Waals surface area contributed by atoms with Crippen molar-refractivity contribution >= 4 is 23.3 Å². The third-order valence-electron chi connectivity index (χ3n) is 4.89. The lowest BCUT2D eigenvalue weighted by atomic mass is 9.97. The topological polar surface area (TPSA) is 87.5 Å². The summed E-state index contributed by atoms with van der Waals surface area (Å²) in [5.74, 6) is -0.796. The highest BCUT2D eigenvalue weighted by molar-refractivity contribution is 5.90. The summed E-state index contributed by atoms with van der Waals surface area (Å²) in [6, 6.07) is 13.2. The Morgan fingerprint density at radius 3 is 2.64 bits per heavy atom. The number of para-hydroxylation sites is 1. The average Bonchev–Trinajstić information content (AvgIpc) is 2.71. The summed E-state index contributed by atoms with van der Waals surface area (Å²) >= 11 is 0. The van der Waals surface area contributed by atoms with Crippen molar-refractivity contribution in [3.63, 3.8) is 0 Å². The van der Waals surface area contributed by atoms with E-state index in [2.05, 4.69) is 10.6 Å². The Bertz CT molecular complexity index is 825. The second-order valence-corrected chi connectivity index (χ2v) is 6.98. The second kappa shape index (κ2) is 9.21. The van der Waals surface area contributed by atoms with Gasteiger partial charge in [0.2, 0.25) is 5.91 Å². The molecule has 6 nitrogen and oxygen atoms in total. The maximum absolute atomic E-state index is 13.7. The lowest BCUT2D eigenvalue weighted by Crippen LogP contribution is -2.47. The summed E-state index contributed by atoms with van der Waals surface area (Å²) in [7, 11) is 0. The van der Waals surface area contributed by atoms with E-state index in [4.69, 9.17) is 5.73 Å². The van der Waals surface area contributed by atoms with Gasteiger partial charge in [-0.3, -0.25) is 4.79 Å². The highest BCUT2D eigenvalue weighted by Crippen LogP contribution is 2.19. The van der Waals surface area contributed by atoms with Gasteiger partial charge in [0.05, 0.1) is 11.6 Å². The van der Waals surface area contributed by atoms with Gasteiger partial charge in [-0.05, 0) is 49.1 Å². The number of carbonyl (C=O) groups is 2. The molecule has 1 heterocycles. The molecule has 1 aliphatic heterocycles. The van der Waals surface area contributed by atoms with E-state index in [1.54, 1.807) is 17.0 Å². The van der Waals surface area contributed by atoms with E-state index in [0.717, 1.165) is 24.8 Å². The normalized spacial score (nSPS) is 16.5. The number of nitrogens with zero attached hydrogens (tertiary/aromatic N) is 1. The third-order valence-corrected chi connectivity index (χ3v) is 4.89. The number of hydrogen-bond donors (Lipinski definition) is 3. The molecule has 0 aliphatic carbocycles. The molecule has 1 saturated heterocycles. The molecule has 3 amide bonds. The zero-order chi connectivity index (χ0) is 19.9. The van der Waals surface area contributed by atoms with Crippen LogP contribution in [0.15, 0.2) is 48.5 Å². The number of piperidine rings is 1. The van der Waals surface area contributed by atoms with Crippen molar-refractivity contribution in [3.05, 3.63) is 59.9 Å².